The van der Waals surface area contributed by atoms with E-state index in [1.165, 1.54) is 0 Å². The fourth-order valence-electron chi connectivity index (χ4n) is 1.73. The first-order chi connectivity index (χ1) is 8.52. The highest BCUT2D eigenvalue weighted by Crippen LogP contribution is 2.24. The summed E-state index contributed by atoms with van der Waals surface area (Å²) < 4.78 is 5.42. The Bertz CT molecular complexity index is 220. The highest BCUT2D eigenvalue weighted by atomic mass is 16.5. The SMILES string of the molecule is CCC(CC)(CN)C(=O)NCCOCCN(C)C. The van der Waals surface area contributed by atoms with Crippen LogP contribution >= 0.6 is 0 Å². The molecule has 0 aromatic heterocycles. The smallest absolute Gasteiger partial charge is 0.227 e. The van der Waals surface area contributed by atoms with Crippen LogP contribution in [0.15, 0.2) is 0 Å². The van der Waals surface area contributed by atoms with Crippen LogP contribution in [0.3, 0.4) is 0 Å². The first-order valence-corrected chi connectivity index (χ1v) is 6.73. The summed E-state index contributed by atoms with van der Waals surface area (Å²) >= 11 is 0. The second-order valence-electron chi connectivity index (χ2n) is 4.86. The van der Waals surface area contributed by atoms with Crippen molar-refractivity contribution in [2.24, 2.45) is 11.1 Å². The molecule has 0 unspecified atom stereocenters. The molecule has 0 spiro atoms. The monoisotopic (exact) mass is 259 g/mol. The maximum atomic E-state index is 12.0. The van der Waals surface area contributed by atoms with Gasteiger partial charge < -0.3 is 20.7 Å². The van der Waals surface area contributed by atoms with E-state index in [2.05, 4.69) is 10.2 Å². The zero-order valence-electron chi connectivity index (χ0n) is 12.3. The number of hydrogen-bond acceptors (Lipinski definition) is 4. The second kappa shape index (κ2) is 9.30. The molecule has 3 N–H and O–H groups in total. The second-order valence-corrected chi connectivity index (χ2v) is 4.86. The summed E-state index contributed by atoms with van der Waals surface area (Å²) in [7, 11) is 4.01. The number of ether oxygens (including phenoxy) is 1. The van der Waals surface area contributed by atoms with Gasteiger partial charge in [-0.15, -0.1) is 0 Å². The van der Waals surface area contributed by atoms with Crippen molar-refractivity contribution in [3.63, 3.8) is 0 Å². The van der Waals surface area contributed by atoms with Crippen LogP contribution in [0.25, 0.3) is 0 Å². The van der Waals surface area contributed by atoms with Gasteiger partial charge in [0.25, 0.3) is 0 Å². The minimum absolute atomic E-state index is 0.0474. The van der Waals surface area contributed by atoms with E-state index in [-0.39, 0.29) is 5.91 Å². The quantitative estimate of drug-likeness (QED) is 0.559. The molecule has 0 aromatic rings. The van der Waals surface area contributed by atoms with Gasteiger partial charge in [-0.2, -0.15) is 0 Å². The van der Waals surface area contributed by atoms with Crippen LogP contribution in [0, 0.1) is 5.41 Å². The summed E-state index contributed by atoms with van der Waals surface area (Å²) in [6, 6.07) is 0. The lowest BCUT2D eigenvalue weighted by molar-refractivity contribution is -0.131. The number of carbonyl (C=O) groups is 1. The van der Waals surface area contributed by atoms with Gasteiger partial charge in [-0.3, -0.25) is 4.79 Å². The molecule has 0 atom stereocenters. The van der Waals surface area contributed by atoms with Gasteiger partial charge in [0.2, 0.25) is 5.91 Å². The number of rotatable bonds is 10. The van der Waals surface area contributed by atoms with Crippen molar-refractivity contribution >= 4 is 5.91 Å². The standard InChI is InChI=1S/C13H29N3O2/c1-5-13(6-2,11-14)12(17)15-7-9-18-10-8-16(3)4/h5-11,14H2,1-4H3,(H,15,17). The maximum Gasteiger partial charge on any atom is 0.227 e. The molecule has 0 saturated carbocycles. The van der Waals surface area contributed by atoms with E-state index in [0.717, 1.165) is 19.4 Å². The molecule has 0 bridgehead atoms. The molecule has 5 heteroatoms. The Morgan fingerprint density at radius 2 is 1.89 bits per heavy atom. The van der Waals surface area contributed by atoms with Crippen LogP contribution in [-0.4, -0.2) is 57.8 Å². The highest BCUT2D eigenvalue weighted by Gasteiger charge is 2.32. The van der Waals surface area contributed by atoms with Gasteiger partial charge in [0.1, 0.15) is 0 Å². The predicted octanol–water partition coefficient (Wildman–Crippen LogP) is 0.446. The Morgan fingerprint density at radius 1 is 1.28 bits per heavy atom. The number of nitrogens with one attached hydrogen (secondary N) is 1. The van der Waals surface area contributed by atoms with Gasteiger partial charge >= 0.3 is 0 Å². The molecular weight excluding hydrogens is 230 g/mol. The summed E-state index contributed by atoms with van der Waals surface area (Å²) in [4.78, 5) is 14.1. The lowest BCUT2D eigenvalue weighted by atomic mass is 9.81. The molecule has 0 fully saturated rings. The lowest BCUT2D eigenvalue weighted by Crippen LogP contribution is -2.46. The van der Waals surface area contributed by atoms with Crippen molar-refractivity contribution in [3.8, 4) is 0 Å². The molecule has 0 aromatic carbocycles. The lowest BCUT2D eigenvalue weighted by Gasteiger charge is -2.28. The third kappa shape index (κ3) is 5.80. The first kappa shape index (κ1) is 17.4. The van der Waals surface area contributed by atoms with Gasteiger partial charge in [-0.1, -0.05) is 13.8 Å². The number of nitrogens with two attached hydrogens (primary N) is 1. The van der Waals surface area contributed by atoms with E-state index in [4.69, 9.17) is 10.5 Å². The van der Waals surface area contributed by atoms with Crippen LogP contribution in [-0.2, 0) is 9.53 Å². The van der Waals surface area contributed by atoms with Crippen LogP contribution in [0.4, 0.5) is 0 Å². The van der Waals surface area contributed by atoms with Crippen LogP contribution < -0.4 is 11.1 Å². The van der Waals surface area contributed by atoms with Gasteiger partial charge in [-0.05, 0) is 26.9 Å². The number of nitrogens with zero attached hydrogens (tertiary/aromatic N) is 1. The normalized spacial score (nSPS) is 11.9. The molecule has 0 radical (unpaired) electrons. The number of likely N-dealkylation sites (N-methyl/N-ethyl adjacent to an activating group) is 1. The van der Waals surface area contributed by atoms with Crippen molar-refractivity contribution in [3.05, 3.63) is 0 Å². The fourth-order valence-corrected chi connectivity index (χ4v) is 1.73. The van der Waals surface area contributed by atoms with E-state index in [1.54, 1.807) is 0 Å². The Morgan fingerprint density at radius 3 is 2.33 bits per heavy atom. The molecule has 5 nitrogen and oxygen atoms in total. The minimum atomic E-state index is -0.413. The molecule has 1 amide bonds. The average molecular weight is 259 g/mol. The topological polar surface area (TPSA) is 67.6 Å². The van der Waals surface area contributed by atoms with Gasteiger partial charge in [0.15, 0.2) is 0 Å². The molecule has 18 heavy (non-hydrogen) atoms. The largest absolute Gasteiger partial charge is 0.378 e. The van der Waals surface area contributed by atoms with E-state index < -0.39 is 5.41 Å². The van der Waals surface area contributed by atoms with Gasteiger partial charge in [-0.25, -0.2) is 0 Å². The Hall–Kier alpha value is -0.650. The van der Waals surface area contributed by atoms with Gasteiger partial charge in [0, 0.05) is 19.6 Å². The van der Waals surface area contributed by atoms with Crippen molar-refractivity contribution in [1.82, 2.24) is 10.2 Å². The Labute approximate surface area is 111 Å². The Balaban J connectivity index is 3.82. The predicted molar refractivity (Wildman–Crippen MR) is 74.5 cm³/mol. The maximum absolute atomic E-state index is 12.0. The molecule has 108 valence electrons. The van der Waals surface area contributed by atoms with Crippen molar-refractivity contribution < 1.29 is 9.53 Å². The third-order valence-electron chi connectivity index (χ3n) is 3.44. The molecule has 0 aliphatic heterocycles. The average Bonchev–Trinajstić information content (AvgIpc) is 2.36. The first-order valence-electron chi connectivity index (χ1n) is 6.73. The van der Waals surface area contributed by atoms with Gasteiger partial charge in [0.05, 0.1) is 18.6 Å². The van der Waals surface area contributed by atoms with E-state index in [1.807, 2.05) is 27.9 Å². The number of hydrogen-bond donors (Lipinski definition) is 2. The zero-order chi connectivity index (χ0) is 14.0. The number of amides is 1. The summed E-state index contributed by atoms with van der Waals surface area (Å²) in [6.07, 6.45) is 1.54. The summed E-state index contributed by atoms with van der Waals surface area (Å²) in [5.41, 5.74) is 5.30. The summed E-state index contributed by atoms with van der Waals surface area (Å²) in [5.74, 6) is 0.0474. The summed E-state index contributed by atoms with van der Waals surface area (Å²) in [6.45, 7) is 7.08. The van der Waals surface area contributed by atoms with E-state index in [9.17, 15) is 4.79 Å². The Kier molecular flexibility index (Phi) is 8.97. The van der Waals surface area contributed by atoms with Crippen LogP contribution in [0.1, 0.15) is 26.7 Å². The molecule has 0 heterocycles. The zero-order valence-corrected chi connectivity index (χ0v) is 12.3. The van der Waals surface area contributed by atoms with Crippen molar-refractivity contribution in [1.29, 1.82) is 0 Å². The molecule has 0 saturated heterocycles. The third-order valence-corrected chi connectivity index (χ3v) is 3.44. The van der Waals surface area contributed by atoms with E-state index >= 15 is 0 Å². The molecule has 0 aliphatic rings. The van der Waals surface area contributed by atoms with Crippen molar-refractivity contribution in [2.45, 2.75) is 26.7 Å². The molecule has 0 aliphatic carbocycles. The number of carbonyl (C=O) groups excluding carboxylic acids is 1. The summed E-state index contributed by atoms with van der Waals surface area (Å²) in [5, 5.41) is 2.91. The van der Waals surface area contributed by atoms with Crippen LogP contribution in [0.5, 0.6) is 0 Å². The van der Waals surface area contributed by atoms with E-state index in [0.29, 0.717) is 26.3 Å². The molecule has 0 rings (SSSR count). The minimum Gasteiger partial charge on any atom is -0.378 e. The molecular formula is C13H29N3O2. The van der Waals surface area contributed by atoms with Crippen molar-refractivity contribution in [2.75, 3.05) is 46.9 Å². The van der Waals surface area contributed by atoms with Crippen LogP contribution in [0.2, 0.25) is 0 Å². The highest BCUT2D eigenvalue weighted by molar-refractivity contribution is 5.82. The fraction of sp³-hybridized carbons (Fsp3) is 0.923.